The quantitative estimate of drug-likeness (QED) is 0.819. The van der Waals surface area contributed by atoms with Crippen LogP contribution in [0.2, 0.25) is 0 Å². The minimum Gasteiger partial charge on any atom is -0.320 e. The van der Waals surface area contributed by atoms with Gasteiger partial charge in [-0.15, -0.1) is 11.3 Å². The summed E-state index contributed by atoms with van der Waals surface area (Å²) in [5.74, 6) is 0. The average Bonchev–Trinajstić information content (AvgIpc) is 2.57. The minimum atomic E-state index is -0.000309. The number of hydrogen-bond acceptors (Lipinski definition) is 2. The average molecular weight is 343 g/mol. The first-order chi connectivity index (χ1) is 7.58. The van der Waals surface area contributed by atoms with Gasteiger partial charge in [-0.1, -0.05) is 12.1 Å². The van der Waals surface area contributed by atoms with Gasteiger partial charge in [-0.25, -0.2) is 0 Å². The van der Waals surface area contributed by atoms with E-state index in [1.54, 1.807) is 0 Å². The molecule has 0 spiro atoms. The lowest BCUT2D eigenvalue weighted by atomic mass is 10.0. The summed E-state index contributed by atoms with van der Waals surface area (Å²) in [5.41, 5.74) is 8.74. The van der Waals surface area contributed by atoms with Crippen molar-refractivity contribution < 1.29 is 0 Å². The highest BCUT2D eigenvalue weighted by Crippen LogP contribution is 2.29. The molecule has 3 heteroatoms. The molecule has 0 fully saturated rings. The van der Waals surface area contributed by atoms with Crippen LogP contribution in [-0.2, 0) is 0 Å². The maximum Gasteiger partial charge on any atom is 0.0563 e. The third kappa shape index (κ3) is 2.47. The topological polar surface area (TPSA) is 26.0 Å². The van der Waals surface area contributed by atoms with Crippen molar-refractivity contribution in [3.63, 3.8) is 0 Å². The molecule has 0 saturated heterocycles. The zero-order chi connectivity index (χ0) is 11.7. The second-order valence-electron chi connectivity index (χ2n) is 3.90. The van der Waals surface area contributed by atoms with E-state index in [9.17, 15) is 0 Å². The van der Waals surface area contributed by atoms with Gasteiger partial charge in [0, 0.05) is 13.3 Å². The lowest BCUT2D eigenvalue weighted by molar-refractivity contribution is 0.867. The molecule has 1 unspecified atom stereocenters. The predicted molar refractivity (Wildman–Crippen MR) is 79.0 cm³/mol. The van der Waals surface area contributed by atoms with Gasteiger partial charge in [-0.3, -0.25) is 0 Å². The summed E-state index contributed by atoms with van der Waals surface area (Å²) in [6.45, 7) is 4.27. The summed E-state index contributed by atoms with van der Waals surface area (Å²) in [5, 5.41) is 0. The molecule has 1 nitrogen and oxygen atoms in total. The Bertz CT molecular complexity index is 504. The highest BCUT2D eigenvalue weighted by Gasteiger charge is 2.13. The number of halogens is 1. The van der Waals surface area contributed by atoms with Gasteiger partial charge >= 0.3 is 0 Å². The van der Waals surface area contributed by atoms with Crippen molar-refractivity contribution in [2.75, 3.05) is 0 Å². The predicted octanol–water partition coefficient (Wildman–Crippen LogP) is 4.02. The highest BCUT2D eigenvalue weighted by atomic mass is 127. The third-order valence-corrected chi connectivity index (χ3v) is 4.27. The summed E-state index contributed by atoms with van der Waals surface area (Å²) >= 11 is 4.13. The number of benzene rings is 1. The van der Waals surface area contributed by atoms with Crippen LogP contribution in [0.4, 0.5) is 0 Å². The first-order valence-corrected chi connectivity index (χ1v) is 7.05. The summed E-state index contributed by atoms with van der Waals surface area (Å²) < 4.78 is 1.23. The number of hydrogen-bond donors (Lipinski definition) is 1. The molecule has 0 aliphatic carbocycles. The van der Waals surface area contributed by atoms with Crippen LogP contribution in [0.1, 0.15) is 26.9 Å². The fourth-order valence-corrected chi connectivity index (χ4v) is 3.38. The number of thiophene rings is 1. The molecular weight excluding hydrogens is 329 g/mol. The van der Waals surface area contributed by atoms with Crippen molar-refractivity contribution in [2.45, 2.75) is 19.9 Å². The molecule has 1 aromatic carbocycles. The summed E-state index contributed by atoms with van der Waals surface area (Å²) in [6, 6.07) is 10.6. The van der Waals surface area contributed by atoms with Crippen molar-refractivity contribution in [1.29, 1.82) is 0 Å². The van der Waals surface area contributed by atoms with Gasteiger partial charge in [0.2, 0.25) is 0 Å². The highest BCUT2D eigenvalue weighted by molar-refractivity contribution is 14.1. The van der Waals surface area contributed by atoms with Gasteiger partial charge in [0.25, 0.3) is 0 Å². The molecule has 0 saturated carbocycles. The molecule has 0 bridgehead atoms. The summed E-state index contributed by atoms with van der Waals surface area (Å²) in [4.78, 5) is 2.65. The maximum atomic E-state index is 6.30. The first kappa shape index (κ1) is 12.1. The number of aryl methyl sites for hydroxylation is 2. The Balaban J connectivity index is 2.38. The molecule has 0 amide bonds. The Labute approximate surface area is 114 Å². The molecule has 2 N–H and O–H groups in total. The van der Waals surface area contributed by atoms with Crippen LogP contribution in [0.25, 0.3) is 0 Å². The molecule has 1 heterocycles. The van der Waals surface area contributed by atoms with Crippen molar-refractivity contribution in [1.82, 2.24) is 0 Å². The molecule has 0 aliphatic heterocycles. The standard InChI is InChI=1S/C13H14INS/c1-8-6-12(9(2)16-8)13(15)10-4-3-5-11(14)7-10/h3-7,13H,15H2,1-2H3. The smallest absolute Gasteiger partial charge is 0.0563 e. The third-order valence-electron chi connectivity index (χ3n) is 2.62. The molecule has 1 aromatic heterocycles. The van der Waals surface area contributed by atoms with Crippen LogP contribution < -0.4 is 5.73 Å². The Hall–Kier alpha value is -0.390. The Morgan fingerprint density at radius 1 is 1.25 bits per heavy atom. The van der Waals surface area contributed by atoms with E-state index >= 15 is 0 Å². The van der Waals surface area contributed by atoms with E-state index in [4.69, 9.17) is 5.73 Å². The summed E-state index contributed by atoms with van der Waals surface area (Å²) in [6.07, 6.45) is 0. The SMILES string of the molecule is Cc1cc(C(N)c2cccc(I)c2)c(C)s1. The molecule has 2 aromatic rings. The molecule has 1 atom stereocenters. The fourth-order valence-electron chi connectivity index (χ4n) is 1.84. The molecule has 0 aliphatic rings. The lowest BCUT2D eigenvalue weighted by Gasteiger charge is -2.12. The molecule has 16 heavy (non-hydrogen) atoms. The Morgan fingerprint density at radius 3 is 2.56 bits per heavy atom. The second-order valence-corrected chi connectivity index (χ2v) is 6.61. The van der Waals surface area contributed by atoms with Crippen LogP contribution in [0.3, 0.4) is 0 Å². The van der Waals surface area contributed by atoms with E-state index in [0.717, 1.165) is 0 Å². The van der Waals surface area contributed by atoms with E-state index in [2.05, 4.69) is 66.8 Å². The van der Waals surface area contributed by atoms with Gasteiger partial charge < -0.3 is 5.73 Å². The van der Waals surface area contributed by atoms with E-state index in [1.807, 2.05) is 11.3 Å². The number of rotatable bonds is 2. The van der Waals surface area contributed by atoms with E-state index in [-0.39, 0.29) is 6.04 Å². The van der Waals surface area contributed by atoms with E-state index < -0.39 is 0 Å². The normalized spacial score (nSPS) is 12.8. The zero-order valence-corrected chi connectivity index (χ0v) is 12.3. The van der Waals surface area contributed by atoms with Crippen LogP contribution in [0.5, 0.6) is 0 Å². The van der Waals surface area contributed by atoms with E-state index in [1.165, 1.54) is 24.5 Å². The Morgan fingerprint density at radius 2 is 2.00 bits per heavy atom. The lowest BCUT2D eigenvalue weighted by Crippen LogP contribution is -2.12. The van der Waals surface area contributed by atoms with Gasteiger partial charge in [-0.05, 0) is 65.8 Å². The van der Waals surface area contributed by atoms with Gasteiger partial charge in [0.1, 0.15) is 0 Å². The molecule has 2 rings (SSSR count). The zero-order valence-electron chi connectivity index (χ0n) is 9.33. The number of nitrogens with two attached hydrogens (primary N) is 1. The molecule has 0 radical (unpaired) electrons. The largest absolute Gasteiger partial charge is 0.320 e. The Kier molecular flexibility index (Phi) is 3.66. The van der Waals surface area contributed by atoms with Gasteiger partial charge in [-0.2, -0.15) is 0 Å². The fraction of sp³-hybridized carbons (Fsp3) is 0.231. The summed E-state index contributed by atoms with van der Waals surface area (Å²) in [7, 11) is 0. The maximum absolute atomic E-state index is 6.30. The van der Waals surface area contributed by atoms with Crippen LogP contribution in [0, 0.1) is 17.4 Å². The van der Waals surface area contributed by atoms with Crippen LogP contribution in [0.15, 0.2) is 30.3 Å². The minimum absolute atomic E-state index is 0.000309. The van der Waals surface area contributed by atoms with E-state index in [0.29, 0.717) is 0 Å². The monoisotopic (exact) mass is 343 g/mol. The van der Waals surface area contributed by atoms with Crippen LogP contribution in [-0.4, -0.2) is 0 Å². The van der Waals surface area contributed by atoms with Crippen LogP contribution >= 0.6 is 33.9 Å². The van der Waals surface area contributed by atoms with Gasteiger partial charge in [0.15, 0.2) is 0 Å². The second kappa shape index (κ2) is 4.85. The first-order valence-electron chi connectivity index (χ1n) is 5.16. The van der Waals surface area contributed by atoms with Crippen molar-refractivity contribution in [3.05, 3.63) is 54.8 Å². The van der Waals surface area contributed by atoms with Gasteiger partial charge in [0.05, 0.1) is 6.04 Å². The molecular formula is C13H14INS. The van der Waals surface area contributed by atoms with Crippen molar-refractivity contribution in [3.8, 4) is 0 Å². The van der Waals surface area contributed by atoms with Crippen molar-refractivity contribution >= 4 is 33.9 Å². The molecule has 84 valence electrons. The van der Waals surface area contributed by atoms with Crippen molar-refractivity contribution in [2.24, 2.45) is 5.73 Å².